The van der Waals surface area contributed by atoms with Crippen LogP contribution in [0.15, 0.2) is 22.7 Å². The van der Waals surface area contributed by atoms with Crippen LogP contribution in [0.3, 0.4) is 0 Å². The Kier molecular flexibility index (Phi) is 2.70. The number of aromatic hydroxyl groups is 1. The number of benzene rings is 1. The van der Waals surface area contributed by atoms with E-state index in [9.17, 15) is 5.11 Å². The van der Waals surface area contributed by atoms with Gasteiger partial charge in [0.15, 0.2) is 0 Å². The Morgan fingerprint density at radius 1 is 1.38 bits per heavy atom. The van der Waals surface area contributed by atoms with Gasteiger partial charge in [-0.3, -0.25) is 0 Å². The summed E-state index contributed by atoms with van der Waals surface area (Å²) in [7, 11) is 3.60. The lowest BCUT2D eigenvalue weighted by atomic mass is 10.2. The Morgan fingerprint density at radius 2 is 2.12 bits per heavy atom. The molecule has 0 saturated heterocycles. The van der Waals surface area contributed by atoms with E-state index in [-0.39, 0.29) is 11.6 Å². The molecule has 0 aliphatic heterocycles. The van der Waals surface area contributed by atoms with Gasteiger partial charge in [0, 0.05) is 19.1 Å². The van der Waals surface area contributed by atoms with E-state index in [1.54, 1.807) is 31.1 Å². The first-order valence-corrected chi connectivity index (χ1v) is 4.95. The van der Waals surface area contributed by atoms with Crippen molar-refractivity contribution in [3.8, 4) is 17.2 Å². The molecule has 5 nitrogen and oxygen atoms in total. The maximum absolute atomic E-state index is 9.64. The second kappa shape index (κ2) is 4.02. The molecule has 0 fully saturated rings. The first-order chi connectivity index (χ1) is 7.58. The van der Waals surface area contributed by atoms with Crippen LogP contribution in [-0.4, -0.2) is 29.3 Å². The van der Waals surface area contributed by atoms with E-state index >= 15 is 0 Å². The molecule has 84 valence electrons. The number of hydrogen-bond acceptors (Lipinski definition) is 5. The van der Waals surface area contributed by atoms with Gasteiger partial charge in [0.25, 0.3) is 11.8 Å². The van der Waals surface area contributed by atoms with E-state index in [4.69, 9.17) is 16.1 Å². The summed E-state index contributed by atoms with van der Waals surface area (Å²) >= 11 is 5.82. The third-order valence-electron chi connectivity index (χ3n) is 2.00. The van der Waals surface area contributed by atoms with Crippen molar-refractivity contribution in [2.75, 3.05) is 19.0 Å². The SMILES string of the molecule is CN(C)c1noc(-c2cc(Cl)ccc2O)n1. The highest BCUT2D eigenvalue weighted by atomic mass is 35.5. The van der Waals surface area contributed by atoms with E-state index < -0.39 is 0 Å². The minimum atomic E-state index is 0.0540. The normalized spacial score (nSPS) is 10.4. The molecule has 0 atom stereocenters. The summed E-state index contributed by atoms with van der Waals surface area (Å²) in [5.74, 6) is 0.733. The molecule has 0 aliphatic carbocycles. The predicted molar refractivity (Wildman–Crippen MR) is 60.7 cm³/mol. The molecule has 0 bridgehead atoms. The maximum Gasteiger partial charge on any atom is 0.265 e. The highest BCUT2D eigenvalue weighted by Gasteiger charge is 2.14. The summed E-state index contributed by atoms with van der Waals surface area (Å²) in [6.07, 6.45) is 0. The average Bonchev–Trinajstić information content (AvgIpc) is 2.70. The van der Waals surface area contributed by atoms with Crippen LogP contribution in [-0.2, 0) is 0 Å². The minimum absolute atomic E-state index is 0.0540. The van der Waals surface area contributed by atoms with Crippen LogP contribution >= 0.6 is 11.6 Å². The lowest BCUT2D eigenvalue weighted by Crippen LogP contribution is -2.10. The number of halogens is 1. The standard InChI is InChI=1S/C10H10ClN3O2/c1-14(2)10-12-9(16-13-10)7-5-6(11)3-4-8(7)15/h3-5,15H,1-2H3. The Bertz CT molecular complexity index is 511. The molecule has 1 aromatic heterocycles. The summed E-state index contributed by atoms with van der Waals surface area (Å²) < 4.78 is 5.03. The molecule has 16 heavy (non-hydrogen) atoms. The molecule has 1 N–H and O–H groups in total. The van der Waals surface area contributed by atoms with Crippen LogP contribution < -0.4 is 4.90 Å². The molecule has 2 aromatic rings. The molecule has 2 rings (SSSR count). The second-order valence-corrected chi connectivity index (χ2v) is 3.89. The van der Waals surface area contributed by atoms with Gasteiger partial charge in [-0.1, -0.05) is 11.6 Å². The van der Waals surface area contributed by atoms with Crippen molar-refractivity contribution in [2.24, 2.45) is 0 Å². The molecule has 1 heterocycles. The third kappa shape index (κ3) is 1.94. The van der Waals surface area contributed by atoms with Gasteiger partial charge in [-0.25, -0.2) is 0 Å². The van der Waals surface area contributed by atoms with Crippen LogP contribution in [0.25, 0.3) is 11.5 Å². The van der Waals surface area contributed by atoms with Gasteiger partial charge in [-0.2, -0.15) is 4.98 Å². The summed E-state index contributed by atoms with van der Waals surface area (Å²) in [6, 6.07) is 4.64. The molecule has 0 aliphatic rings. The van der Waals surface area contributed by atoms with E-state index in [1.165, 1.54) is 6.07 Å². The van der Waals surface area contributed by atoms with E-state index in [1.807, 2.05) is 0 Å². The Hall–Kier alpha value is -1.75. The largest absolute Gasteiger partial charge is 0.507 e. The van der Waals surface area contributed by atoms with Crippen LogP contribution in [0.1, 0.15) is 0 Å². The molecule has 0 saturated carbocycles. The number of aromatic nitrogens is 2. The molecule has 1 aromatic carbocycles. The van der Waals surface area contributed by atoms with Crippen molar-refractivity contribution in [1.82, 2.24) is 10.1 Å². The predicted octanol–water partition coefficient (Wildman–Crippen LogP) is 2.16. The van der Waals surface area contributed by atoms with E-state index in [0.717, 1.165) is 0 Å². The first kappa shape index (κ1) is 10.8. The van der Waals surface area contributed by atoms with Gasteiger partial charge >= 0.3 is 0 Å². The van der Waals surface area contributed by atoms with E-state index in [0.29, 0.717) is 16.5 Å². The zero-order valence-electron chi connectivity index (χ0n) is 8.81. The summed E-state index contributed by atoms with van der Waals surface area (Å²) in [5, 5.41) is 13.9. The highest BCUT2D eigenvalue weighted by Crippen LogP contribution is 2.31. The molecule has 0 radical (unpaired) electrons. The number of phenolic OH excluding ortho intramolecular Hbond substituents is 1. The monoisotopic (exact) mass is 239 g/mol. The second-order valence-electron chi connectivity index (χ2n) is 3.46. The van der Waals surface area contributed by atoms with Crippen molar-refractivity contribution >= 4 is 17.5 Å². The number of nitrogens with zero attached hydrogens (tertiary/aromatic N) is 3. The summed E-state index contributed by atoms with van der Waals surface area (Å²) in [5.41, 5.74) is 0.424. The quantitative estimate of drug-likeness (QED) is 0.870. The van der Waals surface area contributed by atoms with Gasteiger partial charge in [0.05, 0.1) is 5.56 Å². The highest BCUT2D eigenvalue weighted by molar-refractivity contribution is 6.30. The fraction of sp³-hybridized carbons (Fsp3) is 0.200. The zero-order valence-corrected chi connectivity index (χ0v) is 9.56. The number of anilines is 1. The van der Waals surface area contributed by atoms with Crippen molar-refractivity contribution in [3.63, 3.8) is 0 Å². The maximum atomic E-state index is 9.64. The van der Waals surface area contributed by atoms with Crippen LogP contribution in [0, 0.1) is 0 Å². The minimum Gasteiger partial charge on any atom is -0.507 e. The number of phenols is 1. The number of rotatable bonds is 2. The molecule has 0 amide bonds. The van der Waals surface area contributed by atoms with Crippen molar-refractivity contribution in [2.45, 2.75) is 0 Å². The fourth-order valence-corrected chi connectivity index (χ4v) is 1.36. The molecule has 0 unspecified atom stereocenters. The summed E-state index contributed by atoms with van der Waals surface area (Å²) in [4.78, 5) is 5.81. The lowest BCUT2D eigenvalue weighted by Gasteiger charge is -2.02. The van der Waals surface area contributed by atoms with Gasteiger partial charge < -0.3 is 14.5 Å². The molecular weight excluding hydrogens is 230 g/mol. The zero-order chi connectivity index (χ0) is 11.7. The van der Waals surface area contributed by atoms with Crippen molar-refractivity contribution < 1.29 is 9.63 Å². The molecular formula is C10H10ClN3O2. The number of hydrogen-bond donors (Lipinski definition) is 1. The Morgan fingerprint density at radius 3 is 2.75 bits per heavy atom. The lowest BCUT2D eigenvalue weighted by molar-refractivity contribution is 0.424. The average molecular weight is 240 g/mol. The van der Waals surface area contributed by atoms with Gasteiger partial charge in [0.2, 0.25) is 0 Å². The van der Waals surface area contributed by atoms with Crippen molar-refractivity contribution in [3.05, 3.63) is 23.2 Å². The fourth-order valence-electron chi connectivity index (χ4n) is 1.19. The van der Waals surface area contributed by atoms with Crippen LogP contribution in [0.5, 0.6) is 5.75 Å². The van der Waals surface area contributed by atoms with Gasteiger partial charge in [-0.05, 0) is 23.4 Å². The smallest absolute Gasteiger partial charge is 0.265 e. The third-order valence-corrected chi connectivity index (χ3v) is 2.24. The van der Waals surface area contributed by atoms with Crippen LogP contribution in [0.4, 0.5) is 5.95 Å². The Balaban J connectivity index is 2.46. The van der Waals surface area contributed by atoms with Crippen molar-refractivity contribution in [1.29, 1.82) is 0 Å². The van der Waals surface area contributed by atoms with Crippen LogP contribution in [0.2, 0.25) is 5.02 Å². The van der Waals surface area contributed by atoms with E-state index in [2.05, 4.69) is 10.1 Å². The topological polar surface area (TPSA) is 62.4 Å². The summed E-state index contributed by atoms with van der Waals surface area (Å²) in [6.45, 7) is 0. The molecule has 6 heteroatoms. The van der Waals surface area contributed by atoms with Gasteiger partial charge in [-0.15, -0.1) is 0 Å². The van der Waals surface area contributed by atoms with Gasteiger partial charge in [0.1, 0.15) is 5.75 Å². The first-order valence-electron chi connectivity index (χ1n) is 4.58. The molecule has 0 spiro atoms. The Labute approximate surface area is 97.3 Å².